The van der Waals surface area contributed by atoms with Gasteiger partial charge in [0.1, 0.15) is 5.78 Å². The summed E-state index contributed by atoms with van der Waals surface area (Å²) in [6.45, 7) is 9.15. The molecule has 1 aromatic rings. The van der Waals surface area contributed by atoms with Crippen molar-refractivity contribution in [3.8, 4) is 0 Å². The first-order chi connectivity index (χ1) is 9.94. The number of hydrogen-bond donors (Lipinski definition) is 0. The predicted octanol–water partition coefficient (Wildman–Crippen LogP) is 4.55. The standard InChI is InChI=1S/C19H28OSi/c1-5-19(20)18-12-11-16(13-15(18)2)14-21(3,4)17-9-7-6-8-10-17/h6-11,15,18H,5,12-14H2,1-4H3/t15?,18-/m0/s1. The number of benzene rings is 1. The highest BCUT2D eigenvalue weighted by Crippen LogP contribution is 2.34. The van der Waals surface area contributed by atoms with Crippen LogP contribution in [0.4, 0.5) is 0 Å². The van der Waals surface area contributed by atoms with E-state index in [2.05, 4.69) is 56.4 Å². The number of rotatable bonds is 5. The predicted molar refractivity (Wildman–Crippen MR) is 93.6 cm³/mol. The smallest absolute Gasteiger partial charge is 0.136 e. The zero-order chi connectivity index (χ0) is 15.5. The second-order valence-corrected chi connectivity index (χ2v) is 11.8. The lowest BCUT2D eigenvalue weighted by Gasteiger charge is -2.31. The Labute approximate surface area is 130 Å². The quantitative estimate of drug-likeness (QED) is 0.576. The van der Waals surface area contributed by atoms with Gasteiger partial charge >= 0.3 is 0 Å². The highest BCUT2D eigenvalue weighted by atomic mass is 28.3. The molecule has 2 atom stereocenters. The van der Waals surface area contributed by atoms with Crippen molar-refractivity contribution in [1.29, 1.82) is 0 Å². The molecule has 1 aliphatic rings. The maximum absolute atomic E-state index is 12.0. The van der Waals surface area contributed by atoms with E-state index >= 15 is 0 Å². The number of ketones is 1. The Bertz CT molecular complexity index is 516. The highest BCUT2D eigenvalue weighted by molar-refractivity contribution is 6.90. The van der Waals surface area contributed by atoms with Crippen LogP contribution >= 0.6 is 0 Å². The topological polar surface area (TPSA) is 17.1 Å². The summed E-state index contributed by atoms with van der Waals surface area (Å²) < 4.78 is 0. The first-order valence-electron chi connectivity index (χ1n) is 8.20. The summed E-state index contributed by atoms with van der Waals surface area (Å²) in [7, 11) is -1.41. The molecule has 1 aromatic carbocycles. The first kappa shape index (κ1) is 16.2. The number of hydrogen-bond acceptors (Lipinski definition) is 1. The second-order valence-electron chi connectivity index (χ2n) is 7.13. The zero-order valence-corrected chi connectivity index (χ0v) is 14.9. The fourth-order valence-electron chi connectivity index (χ4n) is 3.58. The molecule has 0 N–H and O–H groups in total. The molecule has 0 aliphatic heterocycles. The van der Waals surface area contributed by atoms with Crippen molar-refractivity contribution in [3.05, 3.63) is 42.0 Å². The summed E-state index contributed by atoms with van der Waals surface area (Å²) in [4.78, 5) is 12.0. The van der Waals surface area contributed by atoms with Gasteiger partial charge in [0.05, 0.1) is 8.07 Å². The van der Waals surface area contributed by atoms with Crippen LogP contribution in [0.15, 0.2) is 42.0 Å². The molecule has 0 bridgehead atoms. The van der Waals surface area contributed by atoms with E-state index in [-0.39, 0.29) is 5.92 Å². The largest absolute Gasteiger partial charge is 0.299 e. The lowest BCUT2D eigenvalue weighted by molar-refractivity contribution is -0.124. The molecule has 0 spiro atoms. The van der Waals surface area contributed by atoms with Crippen LogP contribution in [0.3, 0.4) is 0 Å². The SMILES string of the molecule is CCC(=O)[C@H]1CC=C(C[Si](C)(C)c2ccccc2)CC1C. The zero-order valence-electron chi connectivity index (χ0n) is 13.9. The Balaban J connectivity index is 2.07. The van der Waals surface area contributed by atoms with Crippen molar-refractivity contribution in [2.24, 2.45) is 11.8 Å². The fourth-order valence-corrected chi connectivity index (χ4v) is 6.30. The minimum atomic E-state index is -1.41. The molecular weight excluding hydrogens is 272 g/mol. The van der Waals surface area contributed by atoms with Crippen LogP contribution in [-0.4, -0.2) is 13.9 Å². The molecule has 0 amide bonds. The Kier molecular flexibility index (Phi) is 5.21. The molecule has 0 saturated carbocycles. The molecular formula is C19H28OSi. The minimum absolute atomic E-state index is 0.264. The van der Waals surface area contributed by atoms with Gasteiger partial charge in [0.15, 0.2) is 0 Å². The maximum Gasteiger partial charge on any atom is 0.136 e. The molecule has 0 fully saturated rings. The van der Waals surface area contributed by atoms with Gasteiger partial charge in [0, 0.05) is 12.3 Å². The van der Waals surface area contributed by atoms with Gasteiger partial charge in [0.25, 0.3) is 0 Å². The van der Waals surface area contributed by atoms with Gasteiger partial charge < -0.3 is 0 Å². The van der Waals surface area contributed by atoms with Crippen molar-refractivity contribution in [3.63, 3.8) is 0 Å². The summed E-state index contributed by atoms with van der Waals surface area (Å²) in [6, 6.07) is 12.2. The summed E-state index contributed by atoms with van der Waals surface area (Å²) in [5, 5.41) is 1.53. The van der Waals surface area contributed by atoms with E-state index in [1.54, 1.807) is 5.57 Å². The lowest BCUT2D eigenvalue weighted by Crippen LogP contribution is -2.41. The van der Waals surface area contributed by atoms with E-state index in [9.17, 15) is 4.79 Å². The Morgan fingerprint density at radius 1 is 1.24 bits per heavy atom. The van der Waals surface area contributed by atoms with Gasteiger partial charge in [-0.2, -0.15) is 0 Å². The number of allylic oxidation sites excluding steroid dienone is 2. The van der Waals surface area contributed by atoms with Crippen LogP contribution in [-0.2, 0) is 4.79 Å². The third-order valence-corrected chi connectivity index (χ3v) is 8.15. The number of carbonyl (C=O) groups excluding carboxylic acids is 1. The summed E-state index contributed by atoms with van der Waals surface area (Å²) in [5.41, 5.74) is 1.59. The maximum atomic E-state index is 12.0. The van der Waals surface area contributed by atoms with Gasteiger partial charge in [0.2, 0.25) is 0 Å². The van der Waals surface area contributed by atoms with E-state index in [4.69, 9.17) is 0 Å². The van der Waals surface area contributed by atoms with Crippen LogP contribution in [0.25, 0.3) is 0 Å². The van der Waals surface area contributed by atoms with Crippen molar-refractivity contribution >= 4 is 19.0 Å². The Morgan fingerprint density at radius 2 is 1.90 bits per heavy atom. The monoisotopic (exact) mass is 300 g/mol. The van der Waals surface area contributed by atoms with Gasteiger partial charge in [-0.25, -0.2) is 0 Å². The molecule has 0 radical (unpaired) electrons. The number of Topliss-reactive ketones (excluding diaryl/α,β-unsaturated/α-hetero) is 1. The molecule has 21 heavy (non-hydrogen) atoms. The van der Waals surface area contributed by atoms with Crippen LogP contribution in [0.1, 0.15) is 33.1 Å². The molecule has 0 aromatic heterocycles. The molecule has 0 heterocycles. The van der Waals surface area contributed by atoms with E-state index in [0.29, 0.717) is 18.1 Å². The van der Waals surface area contributed by atoms with Crippen LogP contribution in [0, 0.1) is 11.8 Å². The summed E-state index contributed by atoms with van der Waals surface area (Å²) >= 11 is 0. The summed E-state index contributed by atoms with van der Waals surface area (Å²) in [6.07, 6.45) is 5.13. The van der Waals surface area contributed by atoms with E-state index in [1.165, 1.54) is 11.2 Å². The van der Waals surface area contributed by atoms with Gasteiger partial charge in [-0.05, 0) is 24.8 Å². The molecule has 0 saturated heterocycles. The third-order valence-electron chi connectivity index (χ3n) is 4.92. The fraction of sp³-hybridized carbons (Fsp3) is 0.526. The van der Waals surface area contributed by atoms with Crippen LogP contribution in [0.5, 0.6) is 0 Å². The molecule has 1 aliphatic carbocycles. The van der Waals surface area contributed by atoms with Crippen LogP contribution in [0.2, 0.25) is 19.1 Å². The van der Waals surface area contributed by atoms with E-state index < -0.39 is 8.07 Å². The molecule has 1 nitrogen and oxygen atoms in total. The van der Waals surface area contributed by atoms with Crippen molar-refractivity contribution in [1.82, 2.24) is 0 Å². The highest BCUT2D eigenvalue weighted by Gasteiger charge is 2.30. The Hall–Kier alpha value is -1.15. The van der Waals surface area contributed by atoms with Gasteiger partial charge in [-0.3, -0.25) is 4.79 Å². The average Bonchev–Trinajstić information content (AvgIpc) is 2.47. The lowest BCUT2D eigenvalue weighted by atomic mass is 9.78. The second kappa shape index (κ2) is 6.74. The molecule has 2 rings (SSSR count). The average molecular weight is 301 g/mol. The third kappa shape index (κ3) is 3.94. The van der Waals surface area contributed by atoms with E-state index in [0.717, 1.165) is 12.8 Å². The molecule has 114 valence electrons. The van der Waals surface area contributed by atoms with Gasteiger partial charge in [-0.15, -0.1) is 0 Å². The molecule has 2 heteroatoms. The molecule has 1 unspecified atom stereocenters. The Morgan fingerprint density at radius 3 is 2.48 bits per heavy atom. The van der Waals surface area contributed by atoms with Gasteiger partial charge in [-0.1, -0.05) is 74.1 Å². The van der Waals surface area contributed by atoms with Crippen molar-refractivity contribution < 1.29 is 4.79 Å². The van der Waals surface area contributed by atoms with Crippen molar-refractivity contribution in [2.45, 2.75) is 52.2 Å². The summed E-state index contributed by atoms with van der Waals surface area (Å²) in [5.74, 6) is 1.22. The van der Waals surface area contributed by atoms with Crippen LogP contribution < -0.4 is 5.19 Å². The van der Waals surface area contributed by atoms with Crippen molar-refractivity contribution in [2.75, 3.05) is 0 Å². The first-order valence-corrected chi connectivity index (χ1v) is 11.4. The van der Waals surface area contributed by atoms with E-state index in [1.807, 2.05) is 6.92 Å². The normalized spacial score (nSPS) is 22.8. The number of carbonyl (C=O) groups is 1. The minimum Gasteiger partial charge on any atom is -0.299 e.